The molecule has 0 saturated heterocycles. The summed E-state index contributed by atoms with van der Waals surface area (Å²) < 4.78 is 39.1. The number of aromatic nitrogens is 2. The van der Waals surface area contributed by atoms with Crippen LogP contribution in [0.4, 0.5) is 13.2 Å². The van der Waals surface area contributed by atoms with E-state index in [1.165, 1.54) is 24.5 Å². The lowest BCUT2D eigenvalue weighted by Gasteiger charge is -2.13. The average molecular weight is 355 g/mol. The Labute approximate surface area is 131 Å². The minimum atomic E-state index is -4.69. The lowest BCUT2D eigenvalue weighted by atomic mass is 10.3. The summed E-state index contributed by atoms with van der Waals surface area (Å²) in [4.78, 5) is 15.5. The Kier molecular flexibility index (Phi) is 4.55. The van der Waals surface area contributed by atoms with Gasteiger partial charge in [-0.3, -0.25) is 9.36 Å². The van der Waals surface area contributed by atoms with Crippen LogP contribution in [-0.4, -0.2) is 15.8 Å². The second-order valence-electron chi connectivity index (χ2n) is 3.93. The highest BCUT2D eigenvalue weighted by Crippen LogP contribution is 2.29. The number of thioether (sulfide) groups is 1. The first-order chi connectivity index (χ1) is 9.72. The van der Waals surface area contributed by atoms with Gasteiger partial charge in [-0.1, -0.05) is 35.0 Å². The van der Waals surface area contributed by atoms with Crippen LogP contribution in [0.15, 0.2) is 34.2 Å². The molecule has 0 N–H and O–H groups in total. The molecule has 1 aromatic carbocycles. The van der Waals surface area contributed by atoms with Gasteiger partial charge in [-0.2, -0.15) is 13.2 Å². The Morgan fingerprint density at radius 1 is 1.14 bits per heavy atom. The quantitative estimate of drug-likeness (QED) is 0.596. The van der Waals surface area contributed by atoms with Gasteiger partial charge in [0.15, 0.2) is 10.9 Å². The van der Waals surface area contributed by atoms with Gasteiger partial charge in [0.25, 0.3) is 5.56 Å². The van der Waals surface area contributed by atoms with Crippen molar-refractivity contribution >= 4 is 35.0 Å². The maximum atomic E-state index is 12.7. The van der Waals surface area contributed by atoms with E-state index in [2.05, 4.69) is 4.98 Å². The molecule has 0 radical (unpaired) electrons. The predicted octanol–water partition coefficient (Wildman–Crippen LogP) is 4.28. The van der Waals surface area contributed by atoms with E-state index in [9.17, 15) is 18.0 Å². The molecule has 0 atom stereocenters. The lowest BCUT2D eigenvalue weighted by molar-refractivity contribution is -0.141. The van der Waals surface area contributed by atoms with Crippen LogP contribution in [0.5, 0.6) is 0 Å². The van der Waals surface area contributed by atoms with E-state index in [4.69, 9.17) is 23.2 Å². The van der Waals surface area contributed by atoms with Gasteiger partial charge in [0.2, 0.25) is 0 Å². The number of hydrogen-bond donors (Lipinski definition) is 0. The van der Waals surface area contributed by atoms with E-state index >= 15 is 0 Å². The first-order valence-electron chi connectivity index (χ1n) is 5.44. The van der Waals surface area contributed by atoms with Gasteiger partial charge in [-0.05, 0) is 24.5 Å². The molecule has 1 aromatic heterocycles. The normalized spacial score (nSPS) is 11.7. The predicted molar refractivity (Wildman–Crippen MR) is 76.6 cm³/mol. The number of hydrogen-bond acceptors (Lipinski definition) is 3. The van der Waals surface area contributed by atoms with E-state index in [-0.39, 0.29) is 20.9 Å². The Balaban J connectivity index is 2.72. The molecule has 2 rings (SSSR count). The van der Waals surface area contributed by atoms with Crippen molar-refractivity contribution in [1.82, 2.24) is 9.55 Å². The Morgan fingerprint density at radius 2 is 1.71 bits per heavy atom. The van der Waals surface area contributed by atoms with Gasteiger partial charge in [-0.25, -0.2) is 4.98 Å². The monoisotopic (exact) mass is 354 g/mol. The summed E-state index contributed by atoms with van der Waals surface area (Å²) in [5.41, 5.74) is -1.84. The Hall–Kier alpha value is -1.18. The fourth-order valence-corrected chi connectivity index (χ4v) is 2.73. The fraction of sp³-hybridized carbons (Fsp3) is 0.167. The van der Waals surface area contributed by atoms with Crippen molar-refractivity contribution in [2.45, 2.75) is 11.3 Å². The zero-order chi connectivity index (χ0) is 15.8. The first kappa shape index (κ1) is 16.2. The van der Waals surface area contributed by atoms with E-state index in [0.29, 0.717) is 6.07 Å². The molecule has 0 fully saturated rings. The molecule has 21 heavy (non-hydrogen) atoms. The second kappa shape index (κ2) is 5.90. The van der Waals surface area contributed by atoms with Crippen molar-refractivity contribution in [3.05, 3.63) is 50.4 Å². The molecule has 3 nitrogen and oxygen atoms in total. The van der Waals surface area contributed by atoms with Crippen molar-refractivity contribution in [2.24, 2.45) is 0 Å². The van der Waals surface area contributed by atoms with Crippen molar-refractivity contribution in [3.8, 4) is 5.69 Å². The second-order valence-corrected chi connectivity index (χ2v) is 5.57. The Morgan fingerprint density at radius 3 is 2.19 bits per heavy atom. The summed E-state index contributed by atoms with van der Waals surface area (Å²) in [6.45, 7) is 0. The summed E-state index contributed by atoms with van der Waals surface area (Å²) in [5, 5.41) is 0.417. The number of rotatable bonds is 2. The van der Waals surface area contributed by atoms with Gasteiger partial charge in [0, 0.05) is 16.1 Å². The van der Waals surface area contributed by atoms with E-state index in [1.54, 1.807) is 0 Å². The van der Waals surface area contributed by atoms with Crippen LogP contribution < -0.4 is 5.56 Å². The number of benzene rings is 1. The fourth-order valence-electron chi connectivity index (χ4n) is 1.65. The summed E-state index contributed by atoms with van der Waals surface area (Å²) in [5.74, 6) is 0. The van der Waals surface area contributed by atoms with Crippen LogP contribution in [0, 0.1) is 0 Å². The molecule has 2 aromatic rings. The maximum Gasteiger partial charge on any atom is 0.433 e. The van der Waals surface area contributed by atoms with Gasteiger partial charge >= 0.3 is 6.18 Å². The topological polar surface area (TPSA) is 34.9 Å². The van der Waals surface area contributed by atoms with Gasteiger partial charge in [0.1, 0.15) is 0 Å². The largest absolute Gasteiger partial charge is 0.433 e. The highest BCUT2D eigenvalue weighted by atomic mass is 35.5. The van der Waals surface area contributed by atoms with Gasteiger partial charge in [0.05, 0.1) is 5.69 Å². The van der Waals surface area contributed by atoms with Crippen LogP contribution in [0.2, 0.25) is 10.0 Å². The number of halogens is 5. The van der Waals surface area contributed by atoms with Gasteiger partial charge < -0.3 is 0 Å². The summed E-state index contributed by atoms with van der Waals surface area (Å²) in [6.07, 6.45) is -3.17. The first-order valence-corrected chi connectivity index (χ1v) is 7.42. The molecule has 0 bridgehead atoms. The molecule has 0 aliphatic rings. The smallest absolute Gasteiger partial charge is 0.269 e. The zero-order valence-electron chi connectivity index (χ0n) is 10.4. The standard InChI is InChI=1S/C12H7Cl2F3N2OS/c1-21-11-18-9(12(15,16)17)5-10(20)19(11)8-3-6(13)2-7(14)4-8/h2-5H,1H3. The number of nitrogens with zero attached hydrogens (tertiary/aromatic N) is 2. The van der Waals surface area contributed by atoms with Crippen LogP contribution in [-0.2, 0) is 6.18 Å². The summed E-state index contributed by atoms with van der Waals surface area (Å²) >= 11 is 12.6. The maximum absolute atomic E-state index is 12.7. The van der Waals surface area contributed by atoms with Crippen molar-refractivity contribution in [2.75, 3.05) is 6.26 Å². The van der Waals surface area contributed by atoms with Crippen LogP contribution >= 0.6 is 35.0 Å². The van der Waals surface area contributed by atoms with Crippen LogP contribution in [0.25, 0.3) is 5.69 Å². The average Bonchev–Trinajstić information content (AvgIpc) is 2.35. The van der Waals surface area contributed by atoms with E-state index in [1.807, 2.05) is 0 Å². The molecule has 0 unspecified atom stereocenters. The third kappa shape index (κ3) is 3.53. The number of alkyl halides is 3. The zero-order valence-corrected chi connectivity index (χ0v) is 12.7. The molecule has 9 heteroatoms. The van der Waals surface area contributed by atoms with E-state index in [0.717, 1.165) is 16.3 Å². The summed E-state index contributed by atoms with van der Waals surface area (Å²) in [6, 6.07) is 4.73. The van der Waals surface area contributed by atoms with Crippen LogP contribution in [0.1, 0.15) is 5.69 Å². The van der Waals surface area contributed by atoms with Crippen molar-refractivity contribution in [3.63, 3.8) is 0 Å². The third-order valence-corrected chi connectivity index (χ3v) is 3.54. The molecule has 0 amide bonds. The van der Waals surface area contributed by atoms with Crippen molar-refractivity contribution < 1.29 is 13.2 Å². The summed E-state index contributed by atoms with van der Waals surface area (Å²) in [7, 11) is 0. The Bertz CT molecular complexity index is 726. The molecule has 0 saturated carbocycles. The molecular weight excluding hydrogens is 348 g/mol. The van der Waals surface area contributed by atoms with Crippen molar-refractivity contribution in [1.29, 1.82) is 0 Å². The molecule has 0 aliphatic heterocycles. The molecule has 1 heterocycles. The molecular formula is C12H7Cl2F3N2OS. The van der Waals surface area contributed by atoms with E-state index < -0.39 is 17.4 Å². The minimum Gasteiger partial charge on any atom is -0.269 e. The highest BCUT2D eigenvalue weighted by molar-refractivity contribution is 7.98. The van der Waals surface area contributed by atoms with Crippen LogP contribution in [0.3, 0.4) is 0 Å². The molecule has 0 spiro atoms. The lowest BCUT2D eigenvalue weighted by Crippen LogP contribution is -2.24. The third-order valence-electron chi connectivity index (χ3n) is 2.47. The van der Waals surface area contributed by atoms with Gasteiger partial charge in [-0.15, -0.1) is 0 Å². The minimum absolute atomic E-state index is 0.104. The molecule has 0 aliphatic carbocycles. The molecule has 112 valence electrons. The highest BCUT2D eigenvalue weighted by Gasteiger charge is 2.34. The SMILES string of the molecule is CSc1nc(C(F)(F)F)cc(=O)n1-c1cc(Cl)cc(Cl)c1.